The van der Waals surface area contributed by atoms with E-state index in [4.69, 9.17) is 10.5 Å². The summed E-state index contributed by atoms with van der Waals surface area (Å²) in [6, 6.07) is 5.78. The molecule has 0 fully saturated rings. The maximum atomic E-state index is 12.6. The third-order valence-corrected chi connectivity index (χ3v) is 3.68. The predicted molar refractivity (Wildman–Crippen MR) is 86.5 cm³/mol. The maximum Gasteiger partial charge on any atom is 0.415 e. The van der Waals surface area contributed by atoms with Crippen LogP contribution >= 0.6 is 0 Å². The van der Waals surface area contributed by atoms with Gasteiger partial charge >= 0.3 is 6.09 Å². The summed E-state index contributed by atoms with van der Waals surface area (Å²) in [4.78, 5) is 14.4. The van der Waals surface area contributed by atoms with Crippen LogP contribution in [0.1, 0.15) is 47.1 Å². The first-order chi connectivity index (χ1) is 9.49. The number of hydrogen-bond donors (Lipinski definition) is 1. The molecule has 116 valence electrons. The van der Waals surface area contributed by atoms with E-state index in [1.807, 2.05) is 39.0 Å². The molecule has 1 atom stereocenters. The fourth-order valence-electron chi connectivity index (χ4n) is 2.70. The van der Waals surface area contributed by atoms with Crippen molar-refractivity contribution in [3.8, 4) is 0 Å². The molecular weight excluding hydrogens is 264 g/mol. The van der Waals surface area contributed by atoms with E-state index in [1.54, 1.807) is 4.90 Å². The lowest BCUT2D eigenvalue weighted by Crippen LogP contribution is -2.47. The Balaban J connectivity index is 2.41. The van der Waals surface area contributed by atoms with Crippen molar-refractivity contribution in [3.63, 3.8) is 0 Å². The van der Waals surface area contributed by atoms with Crippen LogP contribution in [0.2, 0.25) is 0 Å². The van der Waals surface area contributed by atoms with Crippen molar-refractivity contribution in [1.82, 2.24) is 0 Å². The fourth-order valence-corrected chi connectivity index (χ4v) is 2.70. The van der Waals surface area contributed by atoms with Crippen molar-refractivity contribution in [1.29, 1.82) is 0 Å². The molecule has 0 radical (unpaired) electrons. The molecule has 1 unspecified atom stereocenters. The van der Waals surface area contributed by atoms with Crippen LogP contribution in [-0.2, 0) is 11.2 Å². The molecule has 0 aromatic heterocycles. The standard InChI is InChI=1S/C17H26N2O2/c1-16(2,3)14-10-11-9-12(18)7-8-13(11)19(14)15(20)21-17(4,5)6/h7-9,14H,10,18H2,1-6H3. The Bertz CT molecular complexity index is 553. The summed E-state index contributed by atoms with van der Waals surface area (Å²) in [5, 5.41) is 0. The van der Waals surface area contributed by atoms with Gasteiger partial charge < -0.3 is 10.5 Å². The molecule has 4 nitrogen and oxygen atoms in total. The molecule has 1 heterocycles. The summed E-state index contributed by atoms with van der Waals surface area (Å²) in [7, 11) is 0. The van der Waals surface area contributed by atoms with Gasteiger partial charge in [0.1, 0.15) is 5.60 Å². The van der Waals surface area contributed by atoms with Crippen molar-refractivity contribution in [2.24, 2.45) is 5.41 Å². The number of nitrogens with two attached hydrogens (primary N) is 1. The first-order valence-corrected chi connectivity index (χ1v) is 7.39. The average molecular weight is 290 g/mol. The molecule has 1 aromatic rings. The first kappa shape index (κ1) is 15.7. The highest BCUT2D eigenvalue weighted by atomic mass is 16.6. The molecule has 0 spiro atoms. The van der Waals surface area contributed by atoms with Gasteiger partial charge in [-0.1, -0.05) is 20.8 Å². The van der Waals surface area contributed by atoms with Crippen LogP contribution in [0.3, 0.4) is 0 Å². The molecule has 1 aliphatic rings. The first-order valence-electron chi connectivity index (χ1n) is 7.39. The fraction of sp³-hybridized carbons (Fsp3) is 0.588. The van der Waals surface area contributed by atoms with Gasteiger partial charge in [0.15, 0.2) is 0 Å². The van der Waals surface area contributed by atoms with Gasteiger partial charge in [-0.3, -0.25) is 4.90 Å². The highest BCUT2D eigenvalue weighted by molar-refractivity contribution is 5.92. The molecular formula is C17H26N2O2. The second-order valence-electron chi connectivity index (χ2n) is 7.82. The van der Waals surface area contributed by atoms with Crippen LogP contribution in [0.25, 0.3) is 0 Å². The molecule has 4 heteroatoms. The molecule has 1 amide bonds. The number of carbonyl (C=O) groups excluding carboxylic acids is 1. The van der Waals surface area contributed by atoms with Gasteiger partial charge in [0.25, 0.3) is 0 Å². The van der Waals surface area contributed by atoms with Crippen LogP contribution in [0.5, 0.6) is 0 Å². The number of ether oxygens (including phenoxy) is 1. The minimum absolute atomic E-state index is 0.0370. The van der Waals surface area contributed by atoms with E-state index in [2.05, 4.69) is 20.8 Å². The summed E-state index contributed by atoms with van der Waals surface area (Å²) in [5.74, 6) is 0. The Hall–Kier alpha value is -1.71. The minimum atomic E-state index is -0.504. The molecule has 21 heavy (non-hydrogen) atoms. The molecule has 2 N–H and O–H groups in total. The molecule has 0 saturated carbocycles. The quantitative estimate of drug-likeness (QED) is 0.735. The lowest BCUT2D eigenvalue weighted by atomic mass is 9.84. The zero-order valence-electron chi connectivity index (χ0n) is 13.9. The number of nitrogens with zero attached hydrogens (tertiary/aromatic N) is 1. The molecule has 1 aliphatic heterocycles. The number of fused-ring (bicyclic) bond motifs is 1. The zero-order valence-corrected chi connectivity index (χ0v) is 13.9. The van der Waals surface area contributed by atoms with Crippen LogP contribution in [0.4, 0.5) is 16.2 Å². The summed E-state index contributed by atoms with van der Waals surface area (Å²) < 4.78 is 5.59. The van der Waals surface area contributed by atoms with Gasteiger partial charge in [0.2, 0.25) is 0 Å². The van der Waals surface area contributed by atoms with Gasteiger partial charge in [-0.05, 0) is 56.4 Å². The molecule has 0 saturated heterocycles. The van der Waals surface area contributed by atoms with Crippen molar-refractivity contribution < 1.29 is 9.53 Å². The van der Waals surface area contributed by atoms with Crippen LogP contribution in [0.15, 0.2) is 18.2 Å². The SMILES string of the molecule is CC(C)(C)OC(=O)N1c2ccc(N)cc2CC1C(C)(C)C. The van der Waals surface area contributed by atoms with Gasteiger partial charge in [-0.25, -0.2) is 4.79 Å². The Labute approximate surface area is 127 Å². The Kier molecular flexibility index (Phi) is 3.68. The third kappa shape index (κ3) is 3.31. The van der Waals surface area contributed by atoms with Crippen molar-refractivity contribution in [2.45, 2.75) is 59.6 Å². The van der Waals surface area contributed by atoms with Gasteiger partial charge in [-0.2, -0.15) is 0 Å². The smallest absolute Gasteiger partial charge is 0.415 e. The third-order valence-electron chi connectivity index (χ3n) is 3.68. The molecule has 2 rings (SSSR count). The number of nitrogen functional groups attached to an aromatic ring is 1. The van der Waals surface area contributed by atoms with Gasteiger partial charge in [0.05, 0.1) is 5.69 Å². The predicted octanol–water partition coefficient (Wildman–Crippen LogP) is 3.98. The molecule has 0 bridgehead atoms. The van der Waals surface area contributed by atoms with Crippen LogP contribution in [-0.4, -0.2) is 17.7 Å². The lowest BCUT2D eigenvalue weighted by molar-refractivity contribution is 0.0546. The second kappa shape index (κ2) is 4.93. The number of carbonyl (C=O) groups is 1. The van der Waals surface area contributed by atoms with Crippen molar-refractivity contribution >= 4 is 17.5 Å². The highest BCUT2D eigenvalue weighted by Crippen LogP contribution is 2.41. The van der Waals surface area contributed by atoms with Crippen molar-refractivity contribution in [3.05, 3.63) is 23.8 Å². The van der Waals surface area contributed by atoms with E-state index >= 15 is 0 Å². The maximum absolute atomic E-state index is 12.6. The second-order valence-corrected chi connectivity index (χ2v) is 7.82. The average Bonchev–Trinajstić information content (AvgIpc) is 2.64. The summed E-state index contributed by atoms with van der Waals surface area (Å²) in [6.45, 7) is 12.1. The summed E-state index contributed by atoms with van der Waals surface area (Å²) in [5.41, 5.74) is 8.09. The number of rotatable bonds is 0. The van der Waals surface area contributed by atoms with Crippen molar-refractivity contribution in [2.75, 3.05) is 10.6 Å². The number of benzene rings is 1. The molecule has 0 aliphatic carbocycles. The van der Waals surface area contributed by atoms with Crippen LogP contribution < -0.4 is 10.6 Å². The lowest BCUT2D eigenvalue weighted by Gasteiger charge is -2.36. The monoisotopic (exact) mass is 290 g/mol. The van der Waals surface area contributed by atoms with E-state index in [9.17, 15) is 4.79 Å². The number of amides is 1. The summed E-state index contributed by atoms with van der Waals surface area (Å²) in [6.07, 6.45) is 0.522. The van der Waals surface area contributed by atoms with E-state index in [0.717, 1.165) is 23.4 Å². The summed E-state index contributed by atoms with van der Waals surface area (Å²) >= 11 is 0. The largest absolute Gasteiger partial charge is 0.443 e. The van der Waals surface area contributed by atoms with Gasteiger partial charge in [0, 0.05) is 11.7 Å². The zero-order chi connectivity index (χ0) is 16.0. The van der Waals surface area contributed by atoms with E-state index in [1.165, 1.54) is 0 Å². The number of anilines is 2. The number of hydrogen-bond acceptors (Lipinski definition) is 3. The van der Waals surface area contributed by atoms with Gasteiger partial charge in [-0.15, -0.1) is 0 Å². The minimum Gasteiger partial charge on any atom is -0.443 e. The van der Waals surface area contributed by atoms with E-state index in [0.29, 0.717) is 0 Å². The topological polar surface area (TPSA) is 55.6 Å². The normalized spacial score (nSPS) is 18.6. The Morgan fingerprint density at radius 1 is 1.24 bits per heavy atom. The van der Waals surface area contributed by atoms with E-state index in [-0.39, 0.29) is 17.6 Å². The van der Waals surface area contributed by atoms with Crippen LogP contribution in [0, 0.1) is 5.41 Å². The Morgan fingerprint density at radius 3 is 2.38 bits per heavy atom. The Morgan fingerprint density at radius 2 is 1.86 bits per heavy atom. The van der Waals surface area contributed by atoms with E-state index < -0.39 is 5.60 Å². The molecule has 1 aromatic carbocycles. The highest BCUT2D eigenvalue weighted by Gasteiger charge is 2.42.